The molecule has 1 heterocycles. The van der Waals surface area contributed by atoms with Gasteiger partial charge in [0.25, 0.3) is 0 Å². The third-order valence-electron chi connectivity index (χ3n) is 3.07. The lowest BCUT2D eigenvalue weighted by Crippen LogP contribution is -2.39. The quantitative estimate of drug-likeness (QED) is 0.679. The number of aliphatic imine (C=N–C) groups is 1. The van der Waals surface area contributed by atoms with Crippen molar-refractivity contribution in [3.63, 3.8) is 0 Å². The molecule has 0 fully saturated rings. The van der Waals surface area contributed by atoms with E-state index in [2.05, 4.69) is 11.9 Å². The van der Waals surface area contributed by atoms with E-state index in [1.165, 1.54) is 32.1 Å². The van der Waals surface area contributed by atoms with E-state index in [4.69, 9.17) is 10.5 Å². The van der Waals surface area contributed by atoms with Gasteiger partial charge >= 0.3 is 6.09 Å². The van der Waals surface area contributed by atoms with E-state index >= 15 is 0 Å². The molecule has 1 aliphatic heterocycles. The summed E-state index contributed by atoms with van der Waals surface area (Å²) < 4.78 is 5.12. The topological polar surface area (TPSA) is 64.7 Å². The molecule has 4 nitrogen and oxygen atoms in total. The molecule has 0 aromatic heterocycles. The first-order chi connectivity index (χ1) is 7.58. The number of carbonyl (C=O) groups excluding carboxylic acids is 1. The molecule has 0 aliphatic carbocycles. The van der Waals surface area contributed by atoms with E-state index in [-0.39, 0.29) is 0 Å². The van der Waals surface area contributed by atoms with Crippen molar-refractivity contribution >= 4 is 11.9 Å². The number of rotatable bonds is 7. The number of hydrogen-bond donors (Lipinski definition) is 1. The zero-order valence-electron chi connectivity index (χ0n) is 10.3. The lowest BCUT2D eigenvalue weighted by Gasteiger charge is -2.22. The highest BCUT2D eigenvalue weighted by Gasteiger charge is 2.38. The molecular weight excluding hydrogens is 204 g/mol. The molecule has 92 valence electrons. The first kappa shape index (κ1) is 13.0. The van der Waals surface area contributed by atoms with Crippen LogP contribution in [0.3, 0.4) is 0 Å². The Kier molecular flexibility index (Phi) is 4.77. The minimum absolute atomic E-state index is 0.325. The second kappa shape index (κ2) is 5.87. The number of cyclic esters (lactones) is 1. The summed E-state index contributed by atoms with van der Waals surface area (Å²) in [6.07, 6.45) is 7.52. The number of unbranched alkanes of at least 4 members (excludes halogenated alkanes) is 5. The molecule has 16 heavy (non-hydrogen) atoms. The molecule has 0 aromatic rings. The van der Waals surface area contributed by atoms with Gasteiger partial charge in [-0.1, -0.05) is 39.0 Å². The van der Waals surface area contributed by atoms with Crippen molar-refractivity contribution < 1.29 is 9.53 Å². The maximum absolute atomic E-state index is 11.0. The number of carbonyl (C=O) groups is 1. The molecule has 4 heteroatoms. The van der Waals surface area contributed by atoms with Crippen LogP contribution in [0.15, 0.2) is 4.99 Å². The van der Waals surface area contributed by atoms with Crippen molar-refractivity contribution in [2.75, 3.05) is 0 Å². The number of amides is 1. The number of hydrogen-bond acceptors (Lipinski definition) is 3. The molecule has 0 bridgehead atoms. The van der Waals surface area contributed by atoms with Gasteiger partial charge in [-0.3, -0.25) is 0 Å². The van der Waals surface area contributed by atoms with E-state index in [0.717, 1.165) is 12.8 Å². The number of amidine groups is 1. The molecule has 0 saturated carbocycles. The predicted octanol–water partition coefficient (Wildman–Crippen LogP) is 3.00. The highest BCUT2D eigenvalue weighted by atomic mass is 16.6. The predicted molar refractivity (Wildman–Crippen MR) is 64.5 cm³/mol. The molecule has 0 spiro atoms. The Morgan fingerprint density at radius 2 is 1.88 bits per heavy atom. The molecule has 1 atom stereocenters. The van der Waals surface area contributed by atoms with Gasteiger partial charge in [-0.05, 0) is 19.8 Å². The summed E-state index contributed by atoms with van der Waals surface area (Å²) in [4.78, 5) is 14.6. The fourth-order valence-electron chi connectivity index (χ4n) is 1.91. The van der Waals surface area contributed by atoms with E-state index in [9.17, 15) is 4.79 Å². The van der Waals surface area contributed by atoms with Crippen molar-refractivity contribution in [2.45, 2.75) is 64.4 Å². The Hall–Kier alpha value is -1.06. The lowest BCUT2D eigenvalue weighted by atomic mass is 9.96. The highest BCUT2D eigenvalue weighted by Crippen LogP contribution is 2.25. The van der Waals surface area contributed by atoms with Gasteiger partial charge in [-0.15, -0.1) is 0 Å². The van der Waals surface area contributed by atoms with Gasteiger partial charge < -0.3 is 10.5 Å². The van der Waals surface area contributed by atoms with Crippen LogP contribution in [-0.2, 0) is 4.74 Å². The summed E-state index contributed by atoms with van der Waals surface area (Å²) in [5, 5.41) is 0. The zero-order valence-corrected chi connectivity index (χ0v) is 10.3. The van der Waals surface area contributed by atoms with Crippen LogP contribution in [0.1, 0.15) is 58.8 Å². The lowest BCUT2D eigenvalue weighted by molar-refractivity contribution is 0.0856. The zero-order chi connectivity index (χ0) is 12.0. The van der Waals surface area contributed by atoms with Crippen molar-refractivity contribution in [3.8, 4) is 0 Å². The van der Waals surface area contributed by atoms with Crippen LogP contribution >= 0.6 is 0 Å². The smallest absolute Gasteiger partial charge is 0.433 e. The minimum atomic E-state index is -0.651. The Bertz CT molecular complexity index is 276. The summed E-state index contributed by atoms with van der Waals surface area (Å²) in [5.41, 5.74) is 5.02. The molecule has 0 saturated heterocycles. The van der Waals surface area contributed by atoms with Gasteiger partial charge in [0.05, 0.1) is 0 Å². The summed E-state index contributed by atoms with van der Waals surface area (Å²) in [5.74, 6) is 0.325. The van der Waals surface area contributed by atoms with Crippen LogP contribution in [0.25, 0.3) is 0 Å². The van der Waals surface area contributed by atoms with Crippen LogP contribution in [0.2, 0.25) is 0 Å². The number of nitrogens with two attached hydrogens (primary N) is 1. The van der Waals surface area contributed by atoms with Crippen LogP contribution in [0.4, 0.5) is 4.79 Å². The summed E-state index contributed by atoms with van der Waals surface area (Å²) in [6.45, 7) is 4.04. The van der Waals surface area contributed by atoms with Gasteiger partial charge in [-0.2, -0.15) is 4.99 Å². The van der Waals surface area contributed by atoms with E-state index in [1.807, 2.05) is 6.92 Å². The van der Waals surface area contributed by atoms with Crippen LogP contribution in [-0.4, -0.2) is 17.5 Å². The molecule has 1 unspecified atom stereocenters. The third-order valence-corrected chi connectivity index (χ3v) is 3.07. The van der Waals surface area contributed by atoms with Gasteiger partial charge in [0.1, 0.15) is 0 Å². The summed E-state index contributed by atoms with van der Waals surface area (Å²) in [6, 6.07) is 0. The van der Waals surface area contributed by atoms with Crippen LogP contribution in [0.5, 0.6) is 0 Å². The molecule has 1 amide bonds. The highest BCUT2D eigenvalue weighted by molar-refractivity contribution is 6.01. The first-order valence-corrected chi connectivity index (χ1v) is 6.16. The Balaban J connectivity index is 2.18. The van der Waals surface area contributed by atoms with Gasteiger partial charge in [0.15, 0.2) is 11.4 Å². The molecule has 0 radical (unpaired) electrons. The first-order valence-electron chi connectivity index (χ1n) is 6.16. The molecule has 1 rings (SSSR count). The molecule has 0 aromatic carbocycles. The maximum Gasteiger partial charge on any atom is 0.436 e. The average molecular weight is 226 g/mol. The SMILES string of the molecule is CCCCCCCCC1(C)OC(=O)N=C1N. The largest absolute Gasteiger partial charge is 0.436 e. The fourth-order valence-corrected chi connectivity index (χ4v) is 1.91. The van der Waals surface area contributed by atoms with Gasteiger partial charge in [0, 0.05) is 0 Å². The second-order valence-electron chi connectivity index (χ2n) is 4.61. The van der Waals surface area contributed by atoms with E-state index in [1.54, 1.807) is 0 Å². The molecular formula is C12H22N2O2. The number of ether oxygens (including phenoxy) is 1. The molecule has 2 N–H and O–H groups in total. The van der Waals surface area contributed by atoms with Crippen LogP contribution in [0, 0.1) is 0 Å². The van der Waals surface area contributed by atoms with E-state index < -0.39 is 11.7 Å². The monoisotopic (exact) mass is 226 g/mol. The summed E-state index contributed by atoms with van der Waals surface area (Å²) >= 11 is 0. The fraction of sp³-hybridized carbons (Fsp3) is 0.833. The molecule has 1 aliphatic rings. The number of nitrogens with zero attached hydrogens (tertiary/aromatic N) is 1. The van der Waals surface area contributed by atoms with Crippen molar-refractivity contribution in [1.82, 2.24) is 0 Å². The normalized spacial score (nSPS) is 24.4. The van der Waals surface area contributed by atoms with Crippen molar-refractivity contribution in [3.05, 3.63) is 0 Å². The van der Waals surface area contributed by atoms with Crippen molar-refractivity contribution in [2.24, 2.45) is 10.7 Å². The average Bonchev–Trinajstić information content (AvgIpc) is 2.47. The third kappa shape index (κ3) is 3.51. The van der Waals surface area contributed by atoms with Crippen molar-refractivity contribution in [1.29, 1.82) is 0 Å². The van der Waals surface area contributed by atoms with Gasteiger partial charge in [-0.25, -0.2) is 4.79 Å². The maximum atomic E-state index is 11.0. The Labute approximate surface area is 97.3 Å². The standard InChI is InChI=1S/C12H22N2O2/c1-3-4-5-6-7-8-9-12(2)10(13)14-11(15)16-12/h3-9H2,1-2H3,(H2,13,14,15). The van der Waals surface area contributed by atoms with Gasteiger partial charge in [0.2, 0.25) is 0 Å². The minimum Gasteiger partial charge on any atom is -0.433 e. The Morgan fingerprint density at radius 1 is 1.25 bits per heavy atom. The van der Waals surface area contributed by atoms with E-state index in [0.29, 0.717) is 5.84 Å². The van der Waals surface area contributed by atoms with Crippen LogP contribution < -0.4 is 5.73 Å². The summed E-state index contributed by atoms with van der Waals surface area (Å²) in [7, 11) is 0. The second-order valence-corrected chi connectivity index (χ2v) is 4.61. The Morgan fingerprint density at radius 3 is 2.44 bits per heavy atom.